The molecule has 0 bridgehead atoms. The van der Waals surface area contributed by atoms with Gasteiger partial charge in [-0.25, -0.2) is 4.98 Å². The lowest BCUT2D eigenvalue weighted by Gasteiger charge is -2.27. The number of aromatic nitrogens is 1. The molecule has 0 spiro atoms. The maximum atomic E-state index is 5.37. The molecule has 1 atom stereocenters. The van der Waals surface area contributed by atoms with E-state index >= 15 is 0 Å². The standard InChI is InChI=1S/C17H23N3O/c1-3-18-12-14-5-4-10-20(14)17-16-11-15(21-2)7-6-13(16)8-9-19-17/h6-9,11,14,18H,3-5,10,12H2,1-2H3. The minimum absolute atomic E-state index is 0.536. The monoisotopic (exact) mass is 285 g/mol. The molecule has 0 amide bonds. The lowest BCUT2D eigenvalue weighted by atomic mass is 10.1. The van der Waals surface area contributed by atoms with Crippen LogP contribution < -0.4 is 15.0 Å². The Morgan fingerprint density at radius 2 is 2.29 bits per heavy atom. The first kappa shape index (κ1) is 14.1. The van der Waals surface area contributed by atoms with Gasteiger partial charge in [-0.2, -0.15) is 0 Å². The lowest BCUT2D eigenvalue weighted by Crippen LogP contribution is -2.38. The molecule has 1 aliphatic heterocycles. The quantitative estimate of drug-likeness (QED) is 0.916. The minimum Gasteiger partial charge on any atom is -0.497 e. The zero-order chi connectivity index (χ0) is 14.7. The van der Waals surface area contributed by atoms with Gasteiger partial charge in [-0.15, -0.1) is 0 Å². The van der Waals surface area contributed by atoms with E-state index < -0.39 is 0 Å². The average molecular weight is 285 g/mol. The SMILES string of the molecule is CCNCC1CCCN1c1nccc2ccc(OC)cc12. The zero-order valence-corrected chi connectivity index (χ0v) is 12.8. The van der Waals surface area contributed by atoms with Crippen molar-refractivity contribution in [2.24, 2.45) is 0 Å². The van der Waals surface area contributed by atoms with E-state index in [9.17, 15) is 0 Å². The van der Waals surface area contributed by atoms with Gasteiger partial charge < -0.3 is 15.0 Å². The second-order valence-corrected chi connectivity index (χ2v) is 5.52. The van der Waals surface area contributed by atoms with Gasteiger partial charge in [0.05, 0.1) is 7.11 Å². The predicted octanol–water partition coefficient (Wildman–Crippen LogP) is 2.82. The molecule has 1 aromatic carbocycles. The minimum atomic E-state index is 0.536. The Kier molecular flexibility index (Phi) is 4.25. The van der Waals surface area contributed by atoms with Crippen molar-refractivity contribution >= 4 is 16.6 Å². The van der Waals surface area contributed by atoms with Crippen LogP contribution in [0.15, 0.2) is 30.5 Å². The average Bonchev–Trinajstić information content (AvgIpc) is 3.00. The van der Waals surface area contributed by atoms with Crippen molar-refractivity contribution in [3.8, 4) is 5.75 Å². The highest BCUT2D eigenvalue weighted by Gasteiger charge is 2.26. The van der Waals surface area contributed by atoms with Gasteiger partial charge in [0.2, 0.25) is 0 Å². The smallest absolute Gasteiger partial charge is 0.136 e. The van der Waals surface area contributed by atoms with Gasteiger partial charge in [0.1, 0.15) is 11.6 Å². The third kappa shape index (κ3) is 2.81. The Bertz CT molecular complexity index is 614. The molecule has 2 heterocycles. The largest absolute Gasteiger partial charge is 0.497 e. The second-order valence-electron chi connectivity index (χ2n) is 5.52. The summed E-state index contributed by atoms with van der Waals surface area (Å²) in [6.45, 7) is 5.28. The number of hydrogen-bond donors (Lipinski definition) is 1. The molecule has 4 nitrogen and oxygen atoms in total. The maximum absolute atomic E-state index is 5.37. The van der Waals surface area contributed by atoms with Crippen LogP contribution in [0.2, 0.25) is 0 Å². The van der Waals surface area contributed by atoms with E-state index in [1.807, 2.05) is 12.3 Å². The number of likely N-dealkylation sites (N-methyl/N-ethyl adjacent to an activating group) is 1. The van der Waals surface area contributed by atoms with E-state index in [4.69, 9.17) is 4.74 Å². The van der Waals surface area contributed by atoms with Gasteiger partial charge in [0, 0.05) is 30.7 Å². The molecule has 3 rings (SSSR count). The van der Waals surface area contributed by atoms with E-state index in [0.717, 1.165) is 31.2 Å². The van der Waals surface area contributed by atoms with Crippen LogP contribution in [0.1, 0.15) is 19.8 Å². The summed E-state index contributed by atoms with van der Waals surface area (Å²) in [6, 6.07) is 8.81. The highest BCUT2D eigenvalue weighted by molar-refractivity contribution is 5.93. The summed E-state index contributed by atoms with van der Waals surface area (Å²) in [5, 5.41) is 5.86. The molecule has 112 valence electrons. The highest BCUT2D eigenvalue weighted by Crippen LogP contribution is 2.32. The first-order chi connectivity index (χ1) is 10.3. The first-order valence-corrected chi connectivity index (χ1v) is 7.73. The molecule has 1 aromatic heterocycles. The summed E-state index contributed by atoms with van der Waals surface area (Å²) < 4.78 is 5.37. The number of pyridine rings is 1. The highest BCUT2D eigenvalue weighted by atomic mass is 16.5. The van der Waals surface area contributed by atoms with Crippen molar-refractivity contribution in [3.63, 3.8) is 0 Å². The van der Waals surface area contributed by atoms with Crippen molar-refractivity contribution in [3.05, 3.63) is 30.5 Å². The molecule has 1 saturated heterocycles. The number of nitrogens with one attached hydrogen (secondary N) is 1. The Balaban J connectivity index is 1.98. The van der Waals surface area contributed by atoms with E-state index in [1.54, 1.807) is 7.11 Å². The summed E-state index contributed by atoms with van der Waals surface area (Å²) in [5.41, 5.74) is 0. The van der Waals surface area contributed by atoms with Crippen molar-refractivity contribution < 1.29 is 4.74 Å². The molecular formula is C17H23N3O. The van der Waals surface area contributed by atoms with Crippen molar-refractivity contribution in [1.82, 2.24) is 10.3 Å². The summed E-state index contributed by atoms with van der Waals surface area (Å²) in [7, 11) is 1.71. The van der Waals surface area contributed by atoms with Gasteiger partial charge in [0.25, 0.3) is 0 Å². The van der Waals surface area contributed by atoms with E-state index in [0.29, 0.717) is 6.04 Å². The van der Waals surface area contributed by atoms with Crippen LogP contribution in [-0.4, -0.2) is 37.8 Å². The Morgan fingerprint density at radius 3 is 3.10 bits per heavy atom. The van der Waals surface area contributed by atoms with Crippen LogP contribution in [-0.2, 0) is 0 Å². The van der Waals surface area contributed by atoms with Gasteiger partial charge in [-0.3, -0.25) is 0 Å². The number of fused-ring (bicyclic) bond motifs is 1. The summed E-state index contributed by atoms with van der Waals surface area (Å²) in [6.07, 6.45) is 4.37. The van der Waals surface area contributed by atoms with Crippen molar-refractivity contribution in [1.29, 1.82) is 0 Å². The third-order valence-electron chi connectivity index (χ3n) is 4.23. The number of methoxy groups -OCH3 is 1. The van der Waals surface area contributed by atoms with E-state index in [2.05, 4.69) is 40.3 Å². The van der Waals surface area contributed by atoms with Crippen LogP contribution in [0, 0.1) is 0 Å². The van der Waals surface area contributed by atoms with E-state index in [-0.39, 0.29) is 0 Å². The second kappa shape index (κ2) is 6.31. The fourth-order valence-corrected chi connectivity index (χ4v) is 3.13. The molecule has 1 N–H and O–H groups in total. The zero-order valence-electron chi connectivity index (χ0n) is 12.8. The molecule has 2 aromatic rings. The summed E-state index contributed by atoms with van der Waals surface area (Å²) in [4.78, 5) is 7.11. The maximum Gasteiger partial charge on any atom is 0.136 e. The third-order valence-corrected chi connectivity index (χ3v) is 4.23. The van der Waals surface area contributed by atoms with Crippen molar-refractivity contribution in [2.75, 3.05) is 31.6 Å². The van der Waals surface area contributed by atoms with Crippen LogP contribution in [0.5, 0.6) is 5.75 Å². The van der Waals surface area contributed by atoms with Crippen LogP contribution in [0.25, 0.3) is 10.8 Å². The summed E-state index contributed by atoms with van der Waals surface area (Å²) >= 11 is 0. The Labute approximate surface area is 126 Å². The number of ether oxygens (including phenoxy) is 1. The van der Waals surface area contributed by atoms with Gasteiger partial charge in [0.15, 0.2) is 0 Å². The number of rotatable bonds is 5. The van der Waals surface area contributed by atoms with Gasteiger partial charge in [-0.1, -0.05) is 13.0 Å². The predicted molar refractivity (Wildman–Crippen MR) is 87.2 cm³/mol. The van der Waals surface area contributed by atoms with Crippen LogP contribution in [0.3, 0.4) is 0 Å². The summed E-state index contributed by atoms with van der Waals surface area (Å²) in [5.74, 6) is 1.98. The molecule has 21 heavy (non-hydrogen) atoms. The fraction of sp³-hybridized carbons (Fsp3) is 0.471. The number of anilines is 1. The molecule has 1 aliphatic rings. The molecule has 0 saturated carbocycles. The molecule has 1 unspecified atom stereocenters. The molecule has 4 heteroatoms. The topological polar surface area (TPSA) is 37.4 Å². The van der Waals surface area contributed by atoms with Crippen molar-refractivity contribution in [2.45, 2.75) is 25.8 Å². The molecular weight excluding hydrogens is 262 g/mol. The first-order valence-electron chi connectivity index (χ1n) is 7.73. The number of benzene rings is 1. The van der Waals surface area contributed by atoms with E-state index in [1.165, 1.54) is 23.6 Å². The molecule has 0 radical (unpaired) electrons. The Hall–Kier alpha value is -1.81. The van der Waals surface area contributed by atoms with Gasteiger partial charge in [-0.05, 0) is 43.0 Å². The number of nitrogens with zero attached hydrogens (tertiary/aromatic N) is 2. The van der Waals surface area contributed by atoms with Crippen LogP contribution >= 0.6 is 0 Å². The van der Waals surface area contributed by atoms with Gasteiger partial charge >= 0.3 is 0 Å². The molecule has 1 fully saturated rings. The number of hydrogen-bond acceptors (Lipinski definition) is 4. The van der Waals surface area contributed by atoms with Crippen LogP contribution in [0.4, 0.5) is 5.82 Å². The normalized spacial score (nSPS) is 18.4. The lowest BCUT2D eigenvalue weighted by molar-refractivity contribution is 0.415. The fourth-order valence-electron chi connectivity index (χ4n) is 3.13. The Morgan fingerprint density at radius 1 is 1.38 bits per heavy atom. The molecule has 0 aliphatic carbocycles.